The van der Waals surface area contributed by atoms with Crippen LogP contribution in [0.1, 0.15) is 52.8 Å². The molecule has 34 heavy (non-hydrogen) atoms. The number of rotatable bonds is 5. The average Bonchev–Trinajstić information content (AvgIpc) is 2.87. The largest absolute Gasteiger partial charge is 0.292 e. The molecule has 1 aromatic heterocycles. The zero-order chi connectivity index (χ0) is 23.7. The summed E-state index contributed by atoms with van der Waals surface area (Å²) in [5.41, 5.74) is 5.23. The van der Waals surface area contributed by atoms with E-state index in [1.54, 1.807) is 0 Å². The molecule has 5 heteroatoms. The van der Waals surface area contributed by atoms with Crippen LogP contribution >= 0.6 is 15.9 Å². The number of benzene rings is 3. The molecular formula is C29H28BrN3O. The minimum absolute atomic E-state index is 0.0629. The maximum absolute atomic E-state index is 14.1. The van der Waals surface area contributed by atoms with Crippen molar-refractivity contribution in [1.29, 1.82) is 0 Å². The summed E-state index contributed by atoms with van der Waals surface area (Å²) in [5.74, 6) is 0.760. The topological polar surface area (TPSA) is 38.1 Å². The summed E-state index contributed by atoms with van der Waals surface area (Å²) < 4.78 is 2.96. The summed E-state index contributed by atoms with van der Waals surface area (Å²) in [4.78, 5) is 21.4. The summed E-state index contributed by atoms with van der Waals surface area (Å²) in [5, 5.41) is 0. The van der Waals surface area contributed by atoms with Crippen LogP contribution in [0.3, 0.4) is 0 Å². The molecule has 1 aliphatic rings. The number of nitrogens with zero attached hydrogens (tertiary/aromatic N) is 3. The molecule has 0 bridgehead atoms. The fourth-order valence-corrected chi connectivity index (χ4v) is 5.24. The van der Waals surface area contributed by atoms with E-state index in [9.17, 15) is 4.79 Å². The third-order valence-electron chi connectivity index (χ3n) is 6.86. The smallest absolute Gasteiger partial charge is 0.259 e. The van der Waals surface area contributed by atoms with Crippen molar-refractivity contribution in [2.75, 3.05) is 6.54 Å². The predicted molar refractivity (Wildman–Crippen MR) is 140 cm³/mol. The fraction of sp³-hybridized carbons (Fsp3) is 0.241. The van der Waals surface area contributed by atoms with Crippen LogP contribution in [0.2, 0.25) is 0 Å². The maximum atomic E-state index is 14.1. The SMILES string of the molecule is Cc1nc2c(c(=O)n1C(c1ccccc1)c1ccccc1)CN(C(C)c1ccc(Br)cc1)CC2. The summed E-state index contributed by atoms with van der Waals surface area (Å²) in [6, 6.07) is 28.9. The Kier molecular flexibility index (Phi) is 6.48. The summed E-state index contributed by atoms with van der Waals surface area (Å²) in [6.45, 7) is 5.67. The van der Waals surface area contributed by atoms with Gasteiger partial charge in [0.1, 0.15) is 5.82 Å². The second kappa shape index (κ2) is 9.69. The van der Waals surface area contributed by atoms with E-state index in [0.717, 1.165) is 45.6 Å². The molecule has 5 rings (SSSR count). The molecule has 0 fully saturated rings. The van der Waals surface area contributed by atoms with Crippen LogP contribution in [-0.4, -0.2) is 21.0 Å². The van der Waals surface area contributed by atoms with Gasteiger partial charge in [-0.1, -0.05) is 88.7 Å². The Bertz CT molecular complexity index is 1290. The van der Waals surface area contributed by atoms with Gasteiger partial charge in [0.2, 0.25) is 0 Å². The van der Waals surface area contributed by atoms with E-state index in [0.29, 0.717) is 6.54 Å². The minimum Gasteiger partial charge on any atom is -0.292 e. The molecule has 0 radical (unpaired) electrons. The van der Waals surface area contributed by atoms with Gasteiger partial charge in [0, 0.05) is 30.0 Å². The number of hydrogen-bond acceptors (Lipinski definition) is 3. The van der Waals surface area contributed by atoms with Crippen LogP contribution in [-0.2, 0) is 13.0 Å². The van der Waals surface area contributed by atoms with Gasteiger partial charge in [-0.15, -0.1) is 0 Å². The molecule has 0 spiro atoms. The summed E-state index contributed by atoms with van der Waals surface area (Å²) in [6.07, 6.45) is 0.786. The first-order valence-corrected chi connectivity index (χ1v) is 12.5. The van der Waals surface area contributed by atoms with E-state index in [2.05, 4.69) is 76.3 Å². The Morgan fingerprint density at radius 1 is 0.853 bits per heavy atom. The third-order valence-corrected chi connectivity index (χ3v) is 7.39. The summed E-state index contributed by atoms with van der Waals surface area (Å²) >= 11 is 3.52. The van der Waals surface area contributed by atoms with Crippen molar-refractivity contribution in [3.8, 4) is 0 Å². The number of aromatic nitrogens is 2. The highest BCUT2D eigenvalue weighted by Gasteiger charge is 2.28. The Labute approximate surface area is 209 Å². The van der Waals surface area contributed by atoms with Crippen LogP contribution in [0.25, 0.3) is 0 Å². The van der Waals surface area contributed by atoms with Crippen molar-refractivity contribution in [3.63, 3.8) is 0 Å². The second-order valence-corrected chi connectivity index (χ2v) is 9.85. The first kappa shape index (κ1) is 22.8. The molecule has 0 aliphatic carbocycles. The highest BCUT2D eigenvalue weighted by atomic mass is 79.9. The second-order valence-electron chi connectivity index (χ2n) is 8.93. The lowest BCUT2D eigenvalue weighted by molar-refractivity contribution is 0.188. The lowest BCUT2D eigenvalue weighted by Gasteiger charge is -2.34. The van der Waals surface area contributed by atoms with Crippen molar-refractivity contribution < 1.29 is 0 Å². The Morgan fingerprint density at radius 3 is 2.03 bits per heavy atom. The van der Waals surface area contributed by atoms with Crippen molar-refractivity contribution in [3.05, 3.63) is 134 Å². The standard InChI is InChI=1S/C29H28BrN3O/c1-20(22-13-15-25(30)16-14-22)32-18-17-27-26(19-32)29(34)33(21(2)31-27)28(23-9-5-3-6-10-23)24-11-7-4-8-12-24/h3-16,20,28H,17-19H2,1-2H3. The van der Waals surface area contributed by atoms with E-state index in [4.69, 9.17) is 4.98 Å². The van der Waals surface area contributed by atoms with Gasteiger partial charge >= 0.3 is 0 Å². The molecule has 0 saturated heterocycles. The Balaban J connectivity index is 1.57. The van der Waals surface area contributed by atoms with Crippen LogP contribution in [0.15, 0.2) is 94.2 Å². The van der Waals surface area contributed by atoms with Crippen molar-refractivity contribution in [2.45, 2.75) is 38.9 Å². The molecule has 0 saturated carbocycles. The molecule has 1 unspecified atom stereocenters. The van der Waals surface area contributed by atoms with Gasteiger partial charge < -0.3 is 0 Å². The Morgan fingerprint density at radius 2 is 1.44 bits per heavy atom. The lowest BCUT2D eigenvalue weighted by Crippen LogP contribution is -2.41. The van der Waals surface area contributed by atoms with E-state index >= 15 is 0 Å². The van der Waals surface area contributed by atoms with E-state index in [1.165, 1.54) is 5.56 Å². The van der Waals surface area contributed by atoms with Crippen LogP contribution < -0.4 is 5.56 Å². The van der Waals surface area contributed by atoms with Gasteiger partial charge in [0.05, 0.1) is 17.3 Å². The highest BCUT2D eigenvalue weighted by Crippen LogP contribution is 2.30. The first-order valence-electron chi connectivity index (χ1n) is 11.7. The molecular weight excluding hydrogens is 486 g/mol. The van der Waals surface area contributed by atoms with Gasteiger partial charge in [-0.25, -0.2) is 4.98 Å². The lowest BCUT2D eigenvalue weighted by atomic mass is 9.97. The van der Waals surface area contributed by atoms with Crippen molar-refractivity contribution in [1.82, 2.24) is 14.5 Å². The van der Waals surface area contributed by atoms with E-state index < -0.39 is 0 Å². The van der Waals surface area contributed by atoms with Gasteiger partial charge in [0.15, 0.2) is 0 Å². The minimum atomic E-state index is -0.216. The number of aryl methyl sites for hydroxylation is 1. The zero-order valence-corrected chi connectivity index (χ0v) is 21.1. The molecule has 2 heterocycles. The first-order chi connectivity index (χ1) is 16.5. The molecule has 0 N–H and O–H groups in total. The highest BCUT2D eigenvalue weighted by molar-refractivity contribution is 9.10. The molecule has 4 aromatic rings. The molecule has 3 aromatic carbocycles. The van der Waals surface area contributed by atoms with Crippen LogP contribution in [0.5, 0.6) is 0 Å². The molecule has 172 valence electrons. The monoisotopic (exact) mass is 513 g/mol. The van der Waals surface area contributed by atoms with Crippen molar-refractivity contribution in [2.24, 2.45) is 0 Å². The fourth-order valence-electron chi connectivity index (χ4n) is 4.98. The average molecular weight is 514 g/mol. The summed E-state index contributed by atoms with van der Waals surface area (Å²) in [7, 11) is 0. The maximum Gasteiger partial charge on any atom is 0.259 e. The number of halogens is 1. The number of hydrogen-bond donors (Lipinski definition) is 0. The van der Waals surface area contributed by atoms with Crippen LogP contribution in [0.4, 0.5) is 0 Å². The number of fused-ring (bicyclic) bond motifs is 1. The molecule has 1 atom stereocenters. The van der Waals surface area contributed by atoms with Gasteiger partial charge in [-0.05, 0) is 42.7 Å². The van der Waals surface area contributed by atoms with E-state index in [-0.39, 0.29) is 17.6 Å². The van der Waals surface area contributed by atoms with Crippen LogP contribution in [0, 0.1) is 6.92 Å². The van der Waals surface area contributed by atoms with E-state index in [1.807, 2.05) is 47.9 Å². The Hall–Kier alpha value is -3.02. The molecule has 0 amide bonds. The molecule has 4 nitrogen and oxygen atoms in total. The van der Waals surface area contributed by atoms with Crippen molar-refractivity contribution >= 4 is 15.9 Å². The predicted octanol–water partition coefficient (Wildman–Crippen LogP) is 6.07. The van der Waals surface area contributed by atoms with Gasteiger partial charge in [-0.3, -0.25) is 14.3 Å². The molecule has 1 aliphatic heterocycles. The quantitative estimate of drug-likeness (QED) is 0.325. The zero-order valence-electron chi connectivity index (χ0n) is 19.5. The normalized spacial score (nSPS) is 14.7. The van der Waals surface area contributed by atoms with Gasteiger partial charge in [-0.2, -0.15) is 0 Å². The van der Waals surface area contributed by atoms with Gasteiger partial charge in [0.25, 0.3) is 5.56 Å². The third kappa shape index (κ3) is 4.38.